The van der Waals surface area contributed by atoms with Crippen LogP contribution in [0.5, 0.6) is 0 Å². The van der Waals surface area contributed by atoms with Gasteiger partial charge in [0, 0.05) is 5.69 Å². The maximum atomic E-state index is 13.6. The molecule has 0 atom stereocenters. The summed E-state index contributed by atoms with van der Waals surface area (Å²) in [6, 6.07) is 13.5. The summed E-state index contributed by atoms with van der Waals surface area (Å²) < 4.78 is 42.0. The van der Waals surface area contributed by atoms with Gasteiger partial charge >= 0.3 is 6.18 Å². The molecule has 1 aromatic heterocycles. The summed E-state index contributed by atoms with van der Waals surface area (Å²) in [4.78, 5) is 15.9. The van der Waals surface area contributed by atoms with Crippen molar-refractivity contribution in [1.82, 2.24) is 4.57 Å². The second-order valence-corrected chi connectivity index (χ2v) is 7.02. The molecule has 0 fully saturated rings. The van der Waals surface area contributed by atoms with E-state index in [-0.39, 0.29) is 12.2 Å². The summed E-state index contributed by atoms with van der Waals surface area (Å²) in [5, 5.41) is 0. The van der Waals surface area contributed by atoms with E-state index in [4.69, 9.17) is 6.57 Å². The van der Waals surface area contributed by atoms with E-state index < -0.39 is 23.0 Å². The zero-order chi connectivity index (χ0) is 21.3. The van der Waals surface area contributed by atoms with Crippen molar-refractivity contribution in [3.8, 4) is 11.3 Å². The molecule has 0 aliphatic heterocycles. The molecule has 2 aromatic carbocycles. The first kappa shape index (κ1) is 20.4. The van der Waals surface area contributed by atoms with Gasteiger partial charge in [-0.15, -0.1) is 0 Å². The molecule has 1 heterocycles. The average Bonchev–Trinajstić information content (AvgIpc) is 2.65. The molecule has 3 aromatic rings. The summed E-state index contributed by atoms with van der Waals surface area (Å²) in [6.45, 7) is 12.9. The predicted molar refractivity (Wildman–Crippen MR) is 107 cm³/mol. The van der Waals surface area contributed by atoms with E-state index in [2.05, 4.69) is 4.85 Å². The number of aryl methyl sites for hydroxylation is 2. The van der Waals surface area contributed by atoms with Gasteiger partial charge in [0.05, 0.1) is 18.7 Å². The maximum absolute atomic E-state index is 13.6. The molecule has 0 saturated carbocycles. The number of halogens is 3. The lowest BCUT2D eigenvalue weighted by atomic mass is 10.0. The number of benzene rings is 2. The molecular formula is C23H19F3N2O. The van der Waals surface area contributed by atoms with Crippen LogP contribution < -0.4 is 5.56 Å². The van der Waals surface area contributed by atoms with Gasteiger partial charge in [-0.25, -0.2) is 4.85 Å². The lowest BCUT2D eigenvalue weighted by Crippen LogP contribution is -2.25. The highest BCUT2D eigenvalue weighted by Crippen LogP contribution is 2.37. The van der Waals surface area contributed by atoms with Crippen LogP contribution in [0.3, 0.4) is 0 Å². The summed E-state index contributed by atoms with van der Waals surface area (Å²) in [6.07, 6.45) is -4.80. The molecule has 0 saturated heterocycles. The monoisotopic (exact) mass is 396 g/mol. The number of rotatable bonds is 3. The molecule has 0 unspecified atom stereocenters. The molecule has 0 amide bonds. The van der Waals surface area contributed by atoms with Gasteiger partial charge in [-0.2, -0.15) is 13.2 Å². The summed E-state index contributed by atoms with van der Waals surface area (Å²) in [5.74, 6) is 0. The highest BCUT2D eigenvalue weighted by atomic mass is 19.4. The van der Waals surface area contributed by atoms with Gasteiger partial charge < -0.3 is 4.57 Å². The van der Waals surface area contributed by atoms with Crippen LogP contribution in [0.25, 0.3) is 16.1 Å². The Morgan fingerprint density at radius 1 is 1.03 bits per heavy atom. The summed E-state index contributed by atoms with van der Waals surface area (Å²) >= 11 is 0. The molecule has 0 bridgehead atoms. The fourth-order valence-corrected chi connectivity index (χ4v) is 3.31. The third-order valence-electron chi connectivity index (χ3n) is 5.05. The summed E-state index contributed by atoms with van der Waals surface area (Å²) in [5.41, 5.74) is 1.24. The lowest BCUT2D eigenvalue weighted by Gasteiger charge is -2.19. The van der Waals surface area contributed by atoms with Crippen molar-refractivity contribution in [2.45, 2.75) is 33.5 Å². The average molecular weight is 396 g/mol. The second kappa shape index (κ2) is 7.59. The quantitative estimate of drug-likeness (QED) is 0.495. The Morgan fingerprint density at radius 2 is 1.72 bits per heavy atom. The van der Waals surface area contributed by atoms with E-state index >= 15 is 0 Å². The van der Waals surface area contributed by atoms with Crippen LogP contribution in [0.1, 0.15) is 27.8 Å². The first-order valence-electron chi connectivity index (χ1n) is 8.98. The highest BCUT2D eigenvalue weighted by molar-refractivity contribution is 5.66. The van der Waals surface area contributed by atoms with Gasteiger partial charge in [0.15, 0.2) is 0 Å². The largest absolute Gasteiger partial charge is 0.407 e. The van der Waals surface area contributed by atoms with E-state index in [1.165, 1.54) is 4.57 Å². The number of aromatic nitrogens is 1. The molecule has 0 aliphatic rings. The van der Waals surface area contributed by atoms with Crippen molar-refractivity contribution in [3.05, 3.63) is 98.1 Å². The topological polar surface area (TPSA) is 26.4 Å². The third-order valence-corrected chi connectivity index (χ3v) is 5.05. The van der Waals surface area contributed by atoms with Gasteiger partial charge in [-0.1, -0.05) is 42.0 Å². The van der Waals surface area contributed by atoms with Crippen LogP contribution in [0.4, 0.5) is 18.9 Å². The Hall–Kier alpha value is -3.33. The molecular weight excluding hydrogens is 377 g/mol. The van der Waals surface area contributed by atoms with Crippen molar-refractivity contribution in [2.24, 2.45) is 0 Å². The molecule has 0 aliphatic carbocycles. The summed E-state index contributed by atoms with van der Waals surface area (Å²) in [7, 11) is 0. The van der Waals surface area contributed by atoms with Crippen LogP contribution in [0.15, 0.2) is 53.3 Å². The molecule has 0 N–H and O–H groups in total. The van der Waals surface area contributed by atoms with Gasteiger partial charge in [-0.3, -0.25) is 4.79 Å². The first-order chi connectivity index (χ1) is 13.6. The van der Waals surface area contributed by atoms with Gasteiger partial charge in [-0.05, 0) is 55.2 Å². The SMILES string of the molecule is [C-]#[N+]c1c(C(F)(F)F)cc(-c2cccc(C)c2)n(Cc2cccc(C)c2C)c1=O. The number of pyridine rings is 1. The van der Waals surface area contributed by atoms with Gasteiger partial charge in [0.1, 0.15) is 0 Å². The standard InChI is InChI=1S/C23H19F3N2O/c1-14-7-5-9-17(11-14)20-12-19(23(24,25)26)21(27-4)22(29)28(20)13-18-10-6-8-15(2)16(18)3/h5-12H,13H2,1-3H3. The minimum absolute atomic E-state index is 0.0796. The molecule has 3 nitrogen and oxygen atoms in total. The minimum atomic E-state index is -4.80. The fraction of sp³-hybridized carbons (Fsp3) is 0.217. The van der Waals surface area contributed by atoms with Crippen molar-refractivity contribution >= 4 is 5.69 Å². The highest BCUT2D eigenvalue weighted by Gasteiger charge is 2.36. The maximum Gasteiger partial charge on any atom is 0.407 e. The van der Waals surface area contributed by atoms with E-state index in [1.807, 2.05) is 45.0 Å². The Morgan fingerprint density at radius 3 is 2.34 bits per heavy atom. The number of hydrogen-bond donors (Lipinski definition) is 0. The van der Waals surface area contributed by atoms with Crippen LogP contribution in [-0.4, -0.2) is 4.57 Å². The van der Waals surface area contributed by atoms with Crippen molar-refractivity contribution in [3.63, 3.8) is 0 Å². The smallest absolute Gasteiger partial charge is 0.313 e. The normalized spacial score (nSPS) is 11.3. The first-order valence-corrected chi connectivity index (χ1v) is 8.98. The van der Waals surface area contributed by atoms with Crippen LogP contribution in [-0.2, 0) is 12.7 Å². The molecule has 0 radical (unpaired) electrons. The Bertz CT molecular complexity index is 1180. The number of nitrogens with zero attached hydrogens (tertiary/aromatic N) is 2. The predicted octanol–water partition coefficient (Wildman–Crippen LogP) is 6.06. The molecule has 0 spiro atoms. The van der Waals surface area contributed by atoms with Gasteiger partial charge in [0.25, 0.3) is 11.2 Å². The fourth-order valence-electron chi connectivity index (χ4n) is 3.31. The van der Waals surface area contributed by atoms with Crippen molar-refractivity contribution in [2.75, 3.05) is 0 Å². The Kier molecular flexibility index (Phi) is 5.34. The minimum Gasteiger partial charge on any atom is -0.313 e. The Balaban J connectivity index is 2.35. The van der Waals surface area contributed by atoms with Crippen LogP contribution in [0.2, 0.25) is 0 Å². The van der Waals surface area contributed by atoms with Crippen LogP contribution in [0, 0.1) is 27.3 Å². The third kappa shape index (κ3) is 3.95. The van der Waals surface area contributed by atoms with E-state index in [1.54, 1.807) is 18.2 Å². The van der Waals surface area contributed by atoms with E-state index in [9.17, 15) is 18.0 Å². The number of alkyl halides is 3. The van der Waals surface area contributed by atoms with E-state index in [0.717, 1.165) is 28.3 Å². The molecule has 148 valence electrons. The second-order valence-electron chi connectivity index (χ2n) is 7.02. The zero-order valence-corrected chi connectivity index (χ0v) is 16.3. The van der Waals surface area contributed by atoms with Gasteiger partial charge in [0.2, 0.25) is 0 Å². The number of hydrogen-bond acceptors (Lipinski definition) is 1. The zero-order valence-electron chi connectivity index (χ0n) is 16.3. The Labute approximate surface area is 166 Å². The molecule has 3 rings (SSSR count). The lowest BCUT2D eigenvalue weighted by molar-refractivity contribution is -0.136. The van der Waals surface area contributed by atoms with E-state index in [0.29, 0.717) is 5.56 Å². The molecule has 6 heteroatoms. The van der Waals surface area contributed by atoms with Crippen molar-refractivity contribution < 1.29 is 13.2 Å². The molecule has 29 heavy (non-hydrogen) atoms. The van der Waals surface area contributed by atoms with Crippen molar-refractivity contribution in [1.29, 1.82) is 0 Å². The van der Waals surface area contributed by atoms with Crippen LogP contribution >= 0.6 is 0 Å².